The summed E-state index contributed by atoms with van der Waals surface area (Å²) in [5, 5.41) is 2.43. The van der Waals surface area contributed by atoms with Gasteiger partial charge in [-0.05, 0) is 5.92 Å². The molecule has 0 unspecified atom stereocenters. The van der Waals surface area contributed by atoms with Gasteiger partial charge in [-0.25, -0.2) is 4.68 Å². The van der Waals surface area contributed by atoms with Gasteiger partial charge in [0.05, 0.1) is 5.69 Å². The number of rotatable bonds is 3. The lowest BCUT2D eigenvalue weighted by atomic mass is 10.1. The zero-order valence-corrected chi connectivity index (χ0v) is 8.41. The van der Waals surface area contributed by atoms with Crippen LogP contribution in [0, 0.1) is 5.92 Å². The average molecular weight is 197 g/mol. The van der Waals surface area contributed by atoms with Gasteiger partial charge in [0.15, 0.2) is 0 Å². The first-order chi connectivity index (χ1) is 6.54. The minimum atomic E-state index is -0.289. The van der Waals surface area contributed by atoms with E-state index in [1.165, 1.54) is 10.7 Å². The highest BCUT2D eigenvalue weighted by atomic mass is 16.2. The van der Waals surface area contributed by atoms with Crippen LogP contribution in [0.1, 0.15) is 30.8 Å². The van der Waals surface area contributed by atoms with Crippen LogP contribution in [-0.4, -0.2) is 15.7 Å². The van der Waals surface area contributed by atoms with E-state index in [-0.39, 0.29) is 23.9 Å². The Morgan fingerprint density at radius 1 is 1.64 bits per heavy atom. The number of hydrogen-bond donors (Lipinski definition) is 2. The molecule has 0 radical (unpaired) electrons. The molecule has 14 heavy (non-hydrogen) atoms. The summed E-state index contributed by atoms with van der Waals surface area (Å²) >= 11 is 0. The van der Waals surface area contributed by atoms with E-state index in [0.717, 1.165) is 0 Å². The first kappa shape index (κ1) is 10.7. The smallest absolute Gasteiger partial charge is 0.264 e. The molecule has 0 aliphatic heterocycles. The van der Waals surface area contributed by atoms with Crippen LogP contribution in [0.4, 0.5) is 0 Å². The van der Waals surface area contributed by atoms with Crippen LogP contribution in [-0.2, 0) is 6.54 Å². The number of hydrogen-bond acceptors (Lipinski definition) is 3. The maximum absolute atomic E-state index is 11.6. The van der Waals surface area contributed by atoms with Gasteiger partial charge in [-0.3, -0.25) is 14.7 Å². The molecule has 0 spiro atoms. The highest BCUT2D eigenvalue weighted by Crippen LogP contribution is 2.03. The average Bonchev–Trinajstić information content (AvgIpc) is 2.45. The first-order valence-electron chi connectivity index (χ1n) is 4.58. The van der Waals surface area contributed by atoms with Crippen LogP contribution < -0.4 is 11.3 Å². The predicted octanol–water partition coefficient (Wildman–Crippen LogP) is 0.321. The van der Waals surface area contributed by atoms with Crippen molar-refractivity contribution in [3.8, 4) is 0 Å². The van der Waals surface area contributed by atoms with Crippen LogP contribution in [0.25, 0.3) is 0 Å². The maximum Gasteiger partial charge on any atom is 0.264 e. The first-order valence-corrected chi connectivity index (χ1v) is 4.58. The van der Waals surface area contributed by atoms with E-state index < -0.39 is 0 Å². The Balaban J connectivity index is 2.94. The van der Waals surface area contributed by atoms with Crippen molar-refractivity contribution in [3.05, 3.63) is 22.1 Å². The van der Waals surface area contributed by atoms with Gasteiger partial charge in [0, 0.05) is 19.0 Å². The molecule has 0 atom stereocenters. The van der Waals surface area contributed by atoms with Crippen molar-refractivity contribution in [2.24, 2.45) is 11.7 Å². The van der Waals surface area contributed by atoms with Gasteiger partial charge in [-0.2, -0.15) is 0 Å². The molecule has 0 saturated carbocycles. The standard InChI is InChI=1S/C9H15N3O2/c1-6(2)3-9(14)12-7(5-10)4-8(13)11-12/h4,6H,3,5,10H2,1-2H3,(H,11,13). The van der Waals surface area contributed by atoms with Crippen LogP contribution in [0.3, 0.4) is 0 Å². The van der Waals surface area contributed by atoms with Crippen LogP contribution in [0.2, 0.25) is 0 Å². The fourth-order valence-electron chi connectivity index (χ4n) is 1.24. The summed E-state index contributed by atoms with van der Waals surface area (Å²) in [5.74, 6) is 0.140. The number of nitrogens with one attached hydrogen (secondary N) is 1. The molecule has 0 bridgehead atoms. The van der Waals surface area contributed by atoms with Crippen molar-refractivity contribution in [2.75, 3.05) is 0 Å². The Hall–Kier alpha value is -1.36. The highest BCUT2D eigenvalue weighted by molar-refractivity contribution is 5.78. The molecule has 0 amide bonds. The number of nitrogens with zero attached hydrogens (tertiary/aromatic N) is 1. The van der Waals surface area contributed by atoms with Crippen LogP contribution in [0.5, 0.6) is 0 Å². The molecule has 5 nitrogen and oxygen atoms in total. The fourth-order valence-corrected chi connectivity index (χ4v) is 1.24. The molecule has 0 aliphatic carbocycles. The number of nitrogens with two attached hydrogens (primary N) is 1. The number of carbonyl (C=O) groups is 1. The molecule has 0 fully saturated rings. The molecule has 0 saturated heterocycles. The molecule has 1 rings (SSSR count). The Morgan fingerprint density at radius 2 is 2.29 bits per heavy atom. The van der Waals surface area contributed by atoms with E-state index in [0.29, 0.717) is 12.1 Å². The summed E-state index contributed by atoms with van der Waals surface area (Å²) < 4.78 is 1.24. The summed E-state index contributed by atoms with van der Waals surface area (Å²) in [7, 11) is 0. The molecule has 1 heterocycles. The SMILES string of the molecule is CC(C)CC(=O)n1[nH]c(=O)cc1CN. The summed E-state index contributed by atoms with van der Waals surface area (Å²) in [6.45, 7) is 4.08. The summed E-state index contributed by atoms with van der Waals surface area (Å²) in [4.78, 5) is 22.6. The van der Waals surface area contributed by atoms with Crippen molar-refractivity contribution in [3.63, 3.8) is 0 Å². The second kappa shape index (κ2) is 4.23. The second-order valence-electron chi connectivity index (χ2n) is 3.64. The van der Waals surface area contributed by atoms with Gasteiger partial charge in [0.1, 0.15) is 0 Å². The molecule has 0 aromatic carbocycles. The van der Waals surface area contributed by atoms with E-state index in [9.17, 15) is 9.59 Å². The minimum absolute atomic E-state index is 0.123. The zero-order chi connectivity index (χ0) is 10.7. The van der Waals surface area contributed by atoms with Gasteiger partial charge < -0.3 is 5.73 Å². The number of H-pyrrole nitrogens is 1. The predicted molar refractivity (Wildman–Crippen MR) is 53.0 cm³/mol. The van der Waals surface area contributed by atoms with Gasteiger partial charge in [-0.15, -0.1) is 0 Å². The lowest BCUT2D eigenvalue weighted by Crippen LogP contribution is -2.20. The zero-order valence-electron chi connectivity index (χ0n) is 8.41. The third-order valence-electron chi connectivity index (χ3n) is 1.85. The molecular formula is C9H15N3O2. The van der Waals surface area contributed by atoms with Crippen molar-refractivity contribution in [1.82, 2.24) is 9.78 Å². The van der Waals surface area contributed by atoms with Gasteiger partial charge in [-0.1, -0.05) is 13.8 Å². The fraction of sp³-hybridized carbons (Fsp3) is 0.556. The van der Waals surface area contributed by atoms with Crippen molar-refractivity contribution in [2.45, 2.75) is 26.8 Å². The lowest BCUT2D eigenvalue weighted by Gasteiger charge is -2.06. The van der Waals surface area contributed by atoms with E-state index in [1.54, 1.807) is 0 Å². The van der Waals surface area contributed by atoms with Crippen LogP contribution >= 0.6 is 0 Å². The van der Waals surface area contributed by atoms with E-state index in [1.807, 2.05) is 13.8 Å². The largest absolute Gasteiger partial charge is 0.325 e. The molecular weight excluding hydrogens is 182 g/mol. The highest BCUT2D eigenvalue weighted by Gasteiger charge is 2.11. The Morgan fingerprint density at radius 3 is 2.79 bits per heavy atom. The van der Waals surface area contributed by atoms with Crippen molar-refractivity contribution >= 4 is 5.91 Å². The Bertz CT molecular complexity index is 376. The molecule has 78 valence electrons. The number of aromatic amines is 1. The topological polar surface area (TPSA) is 80.9 Å². The quantitative estimate of drug-likeness (QED) is 0.732. The molecule has 5 heteroatoms. The Labute approximate surface area is 81.9 Å². The summed E-state index contributed by atoms with van der Waals surface area (Å²) in [6, 6.07) is 1.35. The molecule has 0 aliphatic rings. The summed E-state index contributed by atoms with van der Waals surface area (Å²) in [5.41, 5.74) is 5.64. The molecule has 3 N–H and O–H groups in total. The monoisotopic (exact) mass is 197 g/mol. The second-order valence-corrected chi connectivity index (χ2v) is 3.64. The van der Waals surface area contributed by atoms with E-state index in [4.69, 9.17) is 5.73 Å². The van der Waals surface area contributed by atoms with E-state index in [2.05, 4.69) is 5.10 Å². The third-order valence-corrected chi connectivity index (χ3v) is 1.85. The van der Waals surface area contributed by atoms with Gasteiger partial charge in [0.2, 0.25) is 5.91 Å². The lowest BCUT2D eigenvalue weighted by molar-refractivity contribution is 0.0866. The molecule has 1 aromatic rings. The van der Waals surface area contributed by atoms with Gasteiger partial charge in [0.25, 0.3) is 5.56 Å². The van der Waals surface area contributed by atoms with Gasteiger partial charge >= 0.3 is 0 Å². The third kappa shape index (κ3) is 2.32. The van der Waals surface area contributed by atoms with Crippen molar-refractivity contribution in [1.29, 1.82) is 0 Å². The number of aromatic nitrogens is 2. The minimum Gasteiger partial charge on any atom is -0.325 e. The Kier molecular flexibility index (Phi) is 3.24. The van der Waals surface area contributed by atoms with Crippen molar-refractivity contribution < 1.29 is 4.79 Å². The molecule has 1 aromatic heterocycles. The number of carbonyl (C=O) groups excluding carboxylic acids is 1. The normalized spacial score (nSPS) is 10.9. The van der Waals surface area contributed by atoms with E-state index >= 15 is 0 Å². The summed E-state index contributed by atoms with van der Waals surface area (Å²) in [6.07, 6.45) is 0.400. The maximum atomic E-state index is 11.6. The van der Waals surface area contributed by atoms with Crippen LogP contribution in [0.15, 0.2) is 10.9 Å².